The molecule has 0 amide bonds. The zero-order valence-electron chi connectivity index (χ0n) is 21.6. The van der Waals surface area contributed by atoms with Crippen molar-refractivity contribution in [1.29, 1.82) is 0 Å². The van der Waals surface area contributed by atoms with Crippen LogP contribution in [0.2, 0.25) is 0 Å². The molecule has 2 aromatic carbocycles. The molecule has 2 fully saturated rings. The molecule has 0 radical (unpaired) electrons. The van der Waals surface area contributed by atoms with Gasteiger partial charge in [-0.25, -0.2) is 35.5 Å². The van der Waals surface area contributed by atoms with Gasteiger partial charge in [0.25, 0.3) is 10.0 Å². The first kappa shape index (κ1) is 26.3. The van der Waals surface area contributed by atoms with E-state index in [0.717, 1.165) is 47.3 Å². The third-order valence-corrected chi connectivity index (χ3v) is 9.71. The van der Waals surface area contributed by atoms with Crippen LogP contribution >= 0.6 is 0 Å². The van der Waals surface area contributed by atoms with Gasteiger partial charge >= 0.3 is 5.97 Å². The molecule has 2 bridgehead atoms. The van der Waals surface area contributed by atoms with Gasteiger partial charge in [-0.15, -0.1) is 0 Å². The molecule has 6 rings (SSSR count). The summed E-state index contributed by atoms with van der Waals surface area (Å²) in [5.74, 6) is -3.76. The maximum atomic E-state index is 15.1. The third-order valence-electron chi connectivity index (χ3n) is 8.04. The molecule has 4 aromatic rings. The first-order valence-electron chi connectivity index (χ1n) is 12.8. The highest BCUT2D eigenvalue weighted by Crippen LogP contribution is 2.50. The summed E-state index contributed by atoms with van der Waals surface area (Å²) in [5, 5.41) is 2.96. The molecule has 0 spiro atoms. The quantitative estimate of drug-likeness (QED) is 0.323. The van der Waals surface area contributed by atoms with Gasteiger partial charge in [-0.2, -0.15) is 0 Å². The average molecular weight is 571 g/mol. The number of anilines is 1. The second-order valence-corrected chi connectivity index (χ2v) is 12.2. The number of carbonyl (C=O) groups is 1. The Kier molecular flexibility index (Phi) is 6.32. The van der Waals surface area contributed by atoms with Gasteiger partial charge in [0.05, 0.1) is 24.1 Å². The maximum absolute atomic E-state index is 15.1. The highest BCUT2D eigenvalue weighted by molar-refractivity contribution is 7.90. The van der Waals surface area contributed by atoms with E-state index in [-0.39, 0.29) is 45.3 Å². The SMILES string of the molecule is COC(=O)C1C2CCC(C2)C1Nc1nc(-c2cn(S(=O)(=O)c3ccc(C)cc3)c3c(F)cc(F)cc23)ncc1F. The number of carbonyl (C=O) groups excluding carboxylic acids is 1. The normalized spacial score (nSPS) is 22.1. The van der Waals surface area contributed by atoms with E-state index in [9.17, 15) is 22.0 Å². The number of rotatable bonds is 6. The van der Waals surface area contributed by atoms with Gasteiger partial charge in [-0.05, 0) is 56.2 Å². The number of halogens is 3. The van der Waals surface area contributed by atoms with Crippen LogP contribution in [0, 0.1) is 42.1 Å². The Hall–Kier alpha value is -3.93. The summed E-state index contributed by atoms with van der Waals surface area (Å²) in [6.45, 7) is 1.80. The average Bonchev–Trinajstić information content (AvgIpc) is 3.64. The summed E-state index contributed by atoms with van der Waals surface area (Å²) in [6.07, 6.45) is 4.57. The Balaban J connectivity index is 1.46. The molecule has 2 saturated carbocycles. The molecule has 2 heterocycles. The van der Waals surface area contributed by atoms with Crippen LogP contribution in [0.3, 0.4) is 0 Å². The summed E-state index contributed by atoms with van der Waals surface area (Å²) < 4.78 is 77.2. The predicted molar refractivity (Wildman–Crippen MR) is 140 cm³/mol. The van der Waals surface area contributed by atoms with Crippen molar-refractivity contribution in [2.75, 3.05) is 12.4 Å². The van der Waals surface area contributed by atoms with Crippen molar-refractivity contribution >= 4 is 32.7 Å². The van der Waals surface area contributed by atoms with Crippen LogP contribution in [0.4, 0.5) is 19.0 Å². The first-order valence-corrected chi connectivity index (χ1v) is 14.2. The number of ether oxygens (including phenoxy) is 1. The van der Waals surface area contributed by atoms with E-state index in [1.165, 1.54) is 19.2 Å². The molecule has 0 aliphatic heterocycles. The summed E-state index contributed by atoms with van der Waals surface area (Å²) >= 11 is 0. The standard InChI is InChI=1S/C28H25F3N4O4S/c1-14-3-7-18(8-4-14)40(37,38)35-13-20(19-10-17(29)11-21(30)25(19)35)26-32-12-22(31)27(34-26)33-24-16-6-5-15(9-16)23(24)28(36)39-2/h3-4,7-8,10-13,15-16,23-24H,5-6,9H2,1-2H3,(H,32,33,34). The van der Waals surface area contributed by atoms with Crippen molar-refractivity contribution in [2.24, 2.45) is 17.8 Å². The van der Waals surface area contributed by atoms with Crippen LogP contribution in [0.25, 0.3) is 22.3 Å². The second-order valence-electron chi connectivity index (χ2n) is 10.4. The number of benzene rings is 2. The largest absolute Gasteiger partial charge is 0.469 e. The van der Waals surface area contributed by atoms with Gasteiger partial charge in [-0.1, -0.05) is 17.7 Å². The van der Waals surface area contributed by atoms with Crippen molar-refractivity contribution < 1.29 is 31.1 Å². The van der Waals surface area contributed by atoms with Crippen LogP contribution in [-0.2, 0) is 19.6 Å². The third kappa shape index (κ3) is 4.21. The van der Waals surface area contributed by atoms with Gasteiger partial charge in [0.1, 0.15) is 11.3 Å². The highest BCUT2D eigenvalue weighted by atomic mass is 32.2. The van der Waals surface area contributed by atoms with Gasteiger partial charge in [-0.3, -0.25) is 4.79 Å². The number of hydrogen-bond acceptors (Lipinski definition) is 7. The Bertz CT molecular complexity index is 1760. The fourth-order valence-electron chi connectivity index (χ4n) is 6.17. The number of hydrogen-bond donors (Lipinski definition) is 1. The second kappa shape index (κ2) is 9.61. The number of esters is 1. The van der Waals surface area contributed by atoms with Gasteiger partial charge in [0, 0.05) is 29.3 Å². The van der Waals surface area contributed by atoms with Crippen molar-refractivity contribution in [3.63, 3.8) is 0 Å². The van der Waals surface area contributed by atoms with E-state index in [2.05, 4.69) is 15.3 Å². The van der Waals surface area contributed by atoms with Crippen molar-refractivity contribution in [3.05, 3.63) is 71.8 Å². The molecule has 208 valence electrons. The van der Waals surface area contributed by atoms with E-state index in [1.54, 1.807) is 19.1 Å². The monoisotopic (exact) mass is 570 g/mol. The molecule has 0 saturated heterocycles. The molecule has 40 heavy (non-hydrogen) atoms. The van der Waals surface area contributed by atoms with Crippen LogP contribution < -0.4 is 5.32 Å². The molecule has 4 atom stereocenters. The zero-order valence-corrected chi connectivity index (χ0v) is 22.4. The van der Waals surface area contributed by atoms with Gasteiger partial charge in [0.2, 0.25) is 0 Å². The molecule has 2 aliphatic rings. The summed E-state index contributed by atoms with van der Waals surface area (Å²) in [4.78, 5) is 20.7. The smallest absolute Gasteiger partial charge is 0.311 e. The fraction of sp³-hybridized carbons (Fsp3) is 0.321. The Labute approximate surface area is 228 Å². The number of methoxy groups -OCH3 is 1. The van der Waals surface area contributed by atoms with Crippen molar-refractivity contribution in [1.82, 2.24) is 13.9 Å². The van der Waals surface area contributed by atoms with Crippen LogP contribution in [0.5, 0.6) is 0 Å². The summed E-state index contributed by atoms with van der Waals surface area (Å²) in [5.41, 5.74) is 0.429. The number of fused-ring (bicyclic) bond motifs is 3. The minimum atomic E-state index is -4.31. The molecule has 8 nitrogen and oxygen atoms in total. The van der Waals surface area contributed by atoms with Crippen LogP contribution in [0.15, 0.2) is 53.7 Å². The molecule has 12 heteroatoms. The van der Waals surface area contributed by atoms with E-state index >= 15 is 4.39 Å². The molecular formula is C28H25F3N4O4S. The molecule has 2 aromatic heterocycles. The molecule has 2 aliphatic carbocycles. The predicted octanol–water partition coefficient (Wildman–Crippen LogP) is 5.06. The van der Waals surface area contributed by atoms with E-state index in [4.69, 9.17) is 4.74 Å². The fourth-order valence-corrected chi connectivity index (χ4v) is 7.55. The molecular weight excluding hydrogens is 545 g/mol. The Morgan fingerprint density at radius 3 is 2.52 bits per heavy atom. The van der Waals surface area contributed by atoms with E-state index < -0.39 is 45.0 Å². The first-order chi connectivity index (χ1) is 19.1. The van der Waals surface area contributed by atoms with E-state index in [0.29, 0.717) is 6.07 Å². The summed E-state index contributed by atoms with van der Waals surface area (Å²) in [7, 11) is -3.00. The molecule has 4 unspecified atom stereocenters. The Morgan fingerprint density at radius 1 is 1.07 bits per heavy atom. The van der Waals surface area contributed by atoms with Gasteiger partial charge < -0.3 is 10.1 Å². The lowest BCUT2D eigenvalue weighted by Gasteiger charge is -2.30. The van der Waals surface area contributed by atoms with Crippen LogP contribution in [0.1, 0.15) is 24.8 Å². The molecule has 1 N–H and O–H groups in total. The lowest BCUT2D eigenvalue weighted by Crippen LogP contribution is -2.40. The minimum Gasteiger partial charge on any atom is -0.469 e. The number of aryl methyl sites for hydroxylation is 1. The topological polar surface area (TPSA) is 103 Å². The Morgan fingerprint density at radius 2 is 1.80 bits per heavy atom. The number of nitrogens with one attached hydrogen (secondary N) is 1. The van der Waals surface area contributed by atoms with Gasteiger partial charge in [0.15, 0.2) is 23.3 Å². The lowest BCUT2D eigenvalue weighted by molar-refractivity contribution is -0.147. The zero-order chi connectivity index (χ0) is 28.3. The number of aromatic nitrogens is 3. The van der Waals surface area contributed by atoms with Crippen molar-refractivity contribution in [3.8, 4) is 11.4 Å². The van der Waals surface area contributed by atoms with Crippen LogP contribution in [-0.4, -0.2) is 41.5 Å². The van der Waals surface area contributed by atoms with E-state index in [1.807, 2.05) is 0 Å². The minimum absolute atomic E-state index is 0.00963. The van der Waals surface area contributed by atoms with Crippen molar-refractivity contribution in [2.45, 2.75) is 37.1 Å². The lowest BCUT2D eigenvalue weighted by atomic mass is 9.84. The number of nitrogens with zero attached hydrogens (tertiary/aromatic N) is 3. The summed E-state index contributed by atoms with van der Waals surface area (Å²) in [6, 6.07) is 7.15. The maximum Gasteiger partial charge on any atom is 0.311 e. The highest BCUT2D eigenvalue weighted by Gasteiger charge is 2.51.